The van der Waals surface area contributed by atoms with Crippen molar-refractivity contribution >= 4 is 29.4 Å². The SMILES string of the molecule is COc1cc(C(=O)NN2C(=O)NC(C)(c3ccccc3)C2=O)cc(Cl)c1OC. The molecule has 2 aromatic carbocycles. The number of amides is 4. The number of hydrogen-bond donors (Lipinski definition) is 2. The fourth-order valence-corrected chi connectivity index (χ4v) is 3.21. The van der Waals surface area contributed by atoms with Gasteiger partial charge in [-0.3, -0.25) is 15.0 Å². The Kier molecular flexibility index (Phi) is 5.15. The number of urea groups is 1. The van der Waals surface area contributed by atoms with E-state index in [0.29, 0.717) is 10.6 Å². The molecule has 0 saturated carbocycles. The average Bonchev–Trinajstić information content (AvgIpc) is 2.91. The lowest BCUT2D eigenvalue weighted by molar-refractivity contribution is -0.132. The van der Waals surface area contributed by atoms with Gasteiger partial charge in [0.15, 0.2) is 11.5 Å². The third-order valence-corrected chi connectivity index (χ3v) is 4.73. The van der Waals surface area contributed by atoms with Crippen molar-refractivity contribution in [1.29, 1.82) is 0 Å². The van der Waals surface area contributed by atoms with Gasteiger partial charge in [-0.1, -0.05) is 41.9 Å². The summed E-state index contributed by atoms with van der Waals surface area (Å²) in [5.74, 6) is -0.800. The summed E-state index contributed by atoms with van der Waals surface area (Å²) in [5, 5.41) is 3.41. The number of ether oxygens (including phenoxy) is 2. The predicted octanol–water partition coefficient (Wildman–Crippen LogP) is 2.47. The molecule has 146 valence electrons. The molecule has 1 unspecified atom stereocenters. The molecule has 1 aliphatic rings. The van der Waals surface area contributed by atoms with Crippen LogP contribution in [-0.2, 0) is 10.3 Å². The maximum atomic E-state index is 12.9. The third-order valence-electron chi connectivity index (χ3n) is 4.45. The Morgan fingerprint density at radius 2 is 1.82 bits per heavy atom. The second kappa shape index (κ2) is 7.40. The highest BCUT2D eigenvalue weighted by molar-refractivity contribution is 6.32. The fraction of sp³-hybridized carbons (Fsp3) is 0.211. The molecule has 0 bridgehead atoms. The van der Waals surface area contributed by atoms with Crippen LogP contribution in [0.1, 0.15) is 22.8 Å². The van der Waals surface area contributed by atoms with Crippen molar-refractivity contribution in [2.75, 3.05) is 14.2 Å². The summed E-state index contributed by atoms with van der Waals surface area (Å²) in [6, 6.07) is 10.8. The molecular weight excluding hydrogens is 386 g/mol. The number of hydrogen-bond acceptors (Lipinski definition) is 5. The summed E-state index contributed by atoms with van der Waals surface area (Å²) in [4.78, 5) is 37.8. The van der Waals surface area contributed by atoms with E-state index >= 15 is 0 Å². The maximum absolute atomic E-state index is 12.9. The van der Waals surface area contributed by atoms with Crippen molar-refractivity contribution < 1.29 is 23.9 Å². The molecule has 1 saturated heterocycles. The number of nitrogens with one attached hydrogen (secondary N) is 2. The number of carbonyl (C=O) groups is 3. The summed E-state index contributed by atoms with van der Waals surface area (Å²) in [5.41, 5.74) is 1.71. The number of nitrogens with zero attached hydrogens (tertiary/aromatic N) is 1. The van der Waals surface area contributed by atoms with Crippen LogP contribution in [0.2, 0.25) is 5.02 Å². The van der Waals surface area contributed by atoms with Crippen LogP contribution in [-0.4, -0.2) is 37.1 Å². The summed E-state index contributed by atoms with van der Waals surface area (Å²) in [6.07, 6.45) is 0. The van der Waals surface area contributed by atoms with E-state index in [1.807, 2.05) is 0 Å². The van der Waals surface area contributed by atoms with Crippen LogP contribution < -0.4 is 20.2 Å². The molecule has 0 radical (unpaired) electrons. The first-order valence-corrected chi connectivity index (χ1v) is 8.64. The molecule has 2 N–H and O–H groups in total. The van der Waals surface area contributed by atoms with Crippen LogP contribution >= 0.6 is 11.6 Å². The van der Waals surface area contributed by atoms with Gasteiger partial charge in [0.25, 0.3) is 11.8 Å². The zero-order valence-corrected chi connectivity index (χ0v) is 16.2. The van der Waals surface area contributed by atoms with Gasteiger partial charge in [-0.05, 0) is 24.6 Å². The molecule has 3 rings (SSSR count). The number of halogens is 1. The number of imide groups is 1. The highest BCUT2D eigenvalue weighted by atomic mass is 35.5. The van der Waals surface area contributed by atoms with Crippen molar-refractivity contribution in [2.24, 2.45) is 0 Å². The second-order valence-electron chi connectivity index (χ2n) is 6.20. The number of benzene rings is 2. The molecule has 1 atom stereocenters. The van der Waals surface area contributed by atoms with Crippen molar-refractivity contribution in [3.63, 3.8) is 0 Å². The molecule has 8 nitrogen and oxygen atoms in total. The van der Waals surface area contributed by atoms with Gasteiger partial charge in [-0.15, -0.1) is 0 Å². The van der Waals surface area contributed by atoms with Crippen LogP contribution in [0.3, 0.4) is 0 Å². The van der Waals surface area contributed by atoms with Crippen molar-refractivity contribution in [1.82, 2.24) is 15.8 Å². The Morgan fingerprint density at radius 3 is 2.43 bits per heavy atom. The molecule has 4 amide bonds. The normalized spacial score (nSPS) is 18.6. The molecule has 0 spiro atoms. The smallest absolute Gasteiger partial charge is 0.344 e. The largest absolute Gasteiger partial charge is 0.493 e. The van der Waals surface area contributed by atoms with Gasteiger partial charge >= 0.3 is 6.03 Å². The fourth-order valence-electron chi connectivity index (χ4n) is 2.92. The molecule has 0 aliphatic carbocycles. The molecule has 1 heterocycles. The number of rotatable bonds is 5. The monoisotopic (exact) mass is 403 g/mol. The summed E-state index contributed by atoms with van der Waals surface area (Å²) < 4.78 is 10.3. The standard InChI is InChI=1S/C19H18ClN3O5/c1-19(12-7-5-4-6-8-12)17(25)23(18(26)21-19)22-16(24)11-9-13(20)15(28-3)14(10-11)27-2/h4-10H,1-3H3,(H,21,26)(H,22,24). The summed E-state index contributed by atoms with van der Waals surface area (Å²) in [6.45, 7) is 1.57. The van der Waals surface area contributed by atoms with Gasteiger partial charge < -0.3 is 14.8 Å². The van der Waals surface area contributed by atoms with Crippen LogP contribution in [0.5, 0.6) is 11.5 Å². The Hall–Kier alpha value is -3.26. The van der Waals surface area contributed by atoms with Crippen LogP contribution in [0.15, 0.2) is 42.5 Å². The Morgan fingerprint density at radius 1 is 1.14 bits per heavy atom. The predicted molar refractivity (Wildman–Crippen MR) is 101 cm³/mol. The molecule has 28 heavy (non-hydrogen) atoms. The maximum Gasteiger partial charge on any atom is 0.344 e. The van der Waals surface area contributed by atoms with E-state index in [9.17, 15) is 14.4 Å². The van der Waals surface area contributed by atoms with E-state index < -0.39 is 23.4 Å². The summed E-state index contributed by atoms with van der Waals surface area (Å²) >= 11 is 6.11. The number of methoxy groups -OCH3 is 2. The molecule has 1 aliphatic heterocycles. The highest BCUT2D eigenvalue weighted by Crippen LogP contribution is 2.36. The van der Waals surface area contributed by atoms with Gasteiger partial charge in [-0.2, -0.15) is 5.01 Å². The average molecular weight is 404 g/mol. The Bertz CT molecular complexity index is 950. The molecule has 9 heteroatoms. The lowest BCUT2D eigenvalue weighted by Crippen LogP contribution is -2.47. The minimum atomic E-state index is -1.29. The zero-order chi connectivity index (χ0) is 20.5. The first-order valence-electron chi connectivity index (χ1n) is 8.26. The molecule has 1 fully saturated rings. The van der Waals surface area contributed by atoms with Crippen molar-refractivity contribution in [3.05, 3.63) is 58.6 Å². The molecular formula is C19H18ClN3O5. The zero-order valence-electron chi connectivity index (χ0n) is 15.4. The van der Waals surface area contributed by atoms with Gasteiger partial charge in [-0.25, -0.2) is 4.79 Å². The molecule has 0 aromatic heterocycles. The molecule has 2 aromatic rings. The van der Waals surface area contributed by atoms with Crippen LogP contribution in [0.25, 0.3) is 0 Å². The van der Waals surface area contributed by atoms with E-state index in [-0.39, 0.29) is 22.1 Å². The third kappa shape index (κ3) is 3.22. The first-order chi connectivity index (χ1) is 13.3. The first kappa shape index (κ1) is 19.5. The van der Waals surface area contributed by atoms with Gasteiger partial charge in [0.1, 0.15) is 5.54 Å². The lowest BCUT2D eigenvalue weighted by atomic mass is 9.92. The Labute approximate surface area is 166 Å². The summed E-state index contributed by atoms with van der Waals surface area (Å²) in [7, 11) is 2.82. The highest BCUT2D eigenvalue weighted by Gasteiger charge is 2.50. The number of carbonyl (C=O) groups excluding carboxylic acids is 3. The van der Waals surface area contributed by atoms with Crippen LogP contribution in [0, 0.1) is 0 Å². The Balaban J connectivity index is 1.86. The van der Waals surface area contributed by atoms with Gasteiger partial charge in [0.2, 0.25) is 0 Å². The lowest BCUT2D eigenvalue weighted by Gasteiger charge is -2.22. The van der Waals surface area contributed by atoms with E-state index in [0.717, 1.165) is 0 Å². The van der Waals surface area contributed by atoms with E-state index in [1.165, 1.54) is 26.4 Å². The van der Waals surface area contributed by atoms with E-state index in [2.05, 4.69) is 10.7 Å². The van der Waals surface area contributed by atoms with E-state index in [4.69, 9.17) is 21.1 Å². The van der Waals surface area contributed by atoms with E-state index in [1.54, 1.807) is 37.3 Å². The van der Waals surface area contributed by atoms with Crippen molar-refractivity contribution in [2.45, 2.75) is 12.5 Å². The quantitative estimate of drug-likeness (QED) is 0.747. The minimum Gasteiger partial charge on any atom is -0.493 e. The van der Waals surface area contributed by atoms with Crippen molar-refractivity contribution in [3.8, 4) is 11.5 Å². The van der Waals surface area contributed by atoms with Gasteiger partial charge in [0, 0.05) is 5.56 Å². The topological polar surface area (TPSA) is 97.0 Å². The van der Waals surface area contributed by atoms with Gasteiger partial charge in [0.05, 0.1) is 19.2 Å². The minimum absolute atomic E-state index is 0.0940. The number of hydrazine groups is 1. The second-order valence-corrected chi connectivity index (χ2v) is 6.60. The van der Waals surface area contributed by atoms with Crippen LogP contribution in [0.4, 0.5) is 4.79 Å².